The van der Waals surface area contributed by atoms with Gasteiger partial charge in [0.2, 0.25) is 0 Å². The normalized spacial score (nSPS) is 10.8. The maximum atomic E-state index is 12.3. The van der Waals surface area contributed by atoms with Crippen LogP contribution in [0, 0.1) is 18.3 Å². The number of ether oxygens (including phenoxy) is 2. The van der Waals surface area contributed by atoms with Crippen LogP contribution in [0.15, 0.2) is 72.8 Å². The van der Waals surface area contributed by atoms with E-state index in [2.05, 4.69) is 11.4 Å². The SMILES string of the molecule is CCOc1cc(/C=C(/C#N)c2ccccc2)ccc1OCC(=O)Nc1cccc(C)c1. The largest absolute Gasteiger partial charge is 0.490 e. The highest BCUT2D eigenvalue weighted by Gasteiger charge is 2.10. The molecule has 0 saturated carbocycles. The van der Waals surface area contributed by atoms with E-state index in [9.17, 15) is 10.1 Å². The van der Waals surface area contributed by atoms with Crippen molar-refractivity contribution >= 4 is 23.2 Å². The minimum atomic E-state index is -0.257. The summed E-state index contributed by atoms with van der Waals surface area (Å²) in [6, 6.07) is 24.7. The second-order valence-electron chi connectivity index (χ2n) is 6.88. The molecular weight excluding hydrogens is 388 g/mol. The van der Waals surface area contributed by atoms with E-state index in [1.165, 1.54) is 0 Å². The van der Waals surface area contributed by atoms with Gasteiger partial charge in [0.05, 0.1) is 18.2 Å². The average molecular weight is 412 g/mol. The van der Waals surface area contributed by atoms with Crippen molar-refractivity contribution in [3.05, 3.63) is 89.5 Å². The van der Waals surface area contributed by atoms with Gasteiger partial charge in [0, 0.05) is 5.69 Å². The third kappa shape index (κ3) is 6.22. The van der Waals surface area contributed by atoms with Gasteiger partial charge in [-0.1, -0.05) is 48.5 Å². The first-order chi connectivity index (χ1) is 15.1. The van der Waals surface area contributed by atoms with Gasteiger partial charge in [-0.2, -0.15) is 5.26 Å². The van der Waals surface area contributed by atoms with E-state index in [1.807, 2.05) is 74.5 Å². The summed E-state index contributed by atoms with van der Waals surface area (Å²) in [5, 5.41) is 12.4. The van der Waals surface area contributed by atoms with E-state index in [4.69, 9.17) is 9.47 Å². The number of hydrogen-bond donors (Lipinski definition) is 1. The second-order valence-corrected chi connectivity index (χ2v) is 6.88. The van der Waals surface area contributed by atoms with E-state index < -0.39 is 0 Å². The quantitative estimate of drug-likeness (QED) is 0.393. The molecule has 0 unspecified atom stereocenters. The van der Waals surface area contributed by atoms with Crippen molar-refractivity contribution in [3.63, 3.8) is 0 Å². The molecule has 0 radical (unpaired) electrons. The van der Waals surface area contributed by atoms with E-state index in [1.54, 1.807) is 18.2 Å². The minimum Gasteiger partial charge on any atom is -0.490 e. The van der Waals surface area contributed by atoms with Gasteiger partial charge in [0.15, 0.2) is 18.1 Å². The van der Waals surface area contributed by atoms with Gasteiger partial charge in [-0.25, -0.2) is 0 Å². The molecule has 5 nitrogen and oxygen atoms in total. The van der Waals surface area contributed by atoms with Crippen LogP contribution in [0.5, 0.6) is 11.5 Å². The van der Waals surface area contributed by atoms with E-state index >= 15 is 0 Å². The van der Waals surface area contributed by atoms with Crippen LogP contribution < -0.4 is 14.8 Å². The van der Waals surface area contributed by atoms with Gasteiger partial charge in [0.25, 0.3) is 5.91 Å². The van der Waals surface area contributed by atoms with Crippen molar-refractivity contribution in [2.24, 2.45) is 0 Å². The lowest BCUT2D eigenvalue weighted by Gasteiger charge is -2.13. The van der Waals surface area contributed by atoms with Crippen LogP contribution in [0.1, 0.15) is 23.6 Å². The smallest absolute Gasteiger partial charge is 0.262 e. The summed E-state index contributed by atoms with van der Waals surface area (Å²) in [5.74, 6) is 0.731. The topological polar surface area (TPSA) is 71.3 Å². The number of rotatable bonds is 8. The molecule has 3 aromatic carbocycles. The van der Waals surface area contributed by atoms with Crippen molar-refractivity contribution in [1.29, 1.82) is 5.26 Å². The maximum Gasteiger partial charge on any atom is 0.262 e. The summed E-state index contributed by atoms with van der Waals surface area (Å²) in [6.45, 7) is 4.15. The summed E-state index contributed by atoms with van der Waals surface area (Å²) in [4.78, 5) is 12.3. The lowest BCUT2D eigenvalue weighted by molar-refractivity contribution is -0.118. The Morgan fingerprint density at radius 3 is 2.52 bits per heavy atom. The van der Waals surface area contributed by atoms with Crippen molar-refractivity contribution in [2.45, 2.75) is 13.8 Å². The molecule has 0 atom stereocenters. The van der Waals surface area contributed by atoms with Crippen LogP contribution >= 0.6 is 0 Å². The van der Waals surface area contributed by atoms with Crippen LogP contribution in [0.4, 0.5) is 5.69 Å². The number of nitrogens with one attached hydrogen (secondary N) is 1. The zero-order chi connectivity index (χ0) is 22.1. The number of aryl methyl sites for hydroxylation is 1. The molecular formula is C26H24N2O3. The monoisotopic (exact) mass is 412 g/mol. The fourth-order valence-corrected chi connectivity index (χ4v) is 3.03. The Morgan fingerprint density at radius 2 is 1.81 bits per heavy atom. The first-order valence-corrected chi connectivity index (χ1v) is 10.0. The fourth-order valence-electron chi connectivity index (χ4n) is 3.03. The Kier molecular flexibility index (Phi) is 7.45. The number of amides is 1. The number of benzene rings is 3. The number of nitrogens with zero attached hydrogens (tertiary/aromatic N) is 1. The lowest BCUT2D eigenvalue weighted by Crippen LogP contribution is -2.20. The molecule has 0 heterocycles. The molecule has 0 aromatic heterocycles. The molecule has 156 valence electrons. The molecule has 31 heavy (non-hydrogen) atoms. The number of carbonyl (C=O) groups excluding carboxylic acids is 1. The molecule has 0 aliphatic carbocycles. The predicted molar refractivity (Wildman–Crippen MR) is 123 cm³/mol. The van der Waals surface area contributed by atoms with Crippen LogP contribution in [0.25, 0.3) is 11.6 Å². The number of allylic oxidation sites excluding steroid dienone is 1. The lowest BCUT2D eigenvalue weighted by atomic mass is 10.0. The summed E-state index contributed by atoms with van der Waals surface area (Å²) in [5.41, 5.74) is 3.99. The highest BCUT2D eigenvalue weighted by Crippen LogP contribution is 2.30. The zero-order valence-corrected chi connectivity index (χ0v) is 17.6. The third-order valence-electron chi connectivity index (χ3n) is 4.44. The molecule has 5 heteroatoms. The molecule has 3 aromatic rings. The van der Waals surface area contributed by atoms with Crippen molar-refractivity contribution in [2.75, 3.05) is 18.5 Å². The third-order valence-corrected chi connectivity index (χ3v) is 4.44. The molecule has 1 N–H and O–H groups in total. The van der Waals surface area contributed by atoms with Gasteiger partial charge >= 0.3 is 0 Å². The highest BCUT2D eigenvalue weighted by atomic mass is 16.5. The Hall–Kier alpha value is -4.04. The minimum absolute atomic E-state index is 0.142. The standard InChI is InChI=1S/C26H24N2O3/c1-3-30-25-16-20(15-22(17-27)21-9-5-4-6-10-21)12-13-24(25)31-18-26(29)28-23-11-7-8-19(2)14-23/h4-16H,3,18H2,1-2H3,(H,28,29)/b22-15-. The Morgan fingerprint density at radius 1 is 1.00 bits per heavy atom. The maximum absolute atomic E-state index is 12.3. The van der Waals surface area contributed by atoms with Gasteiger partial charge in [-0.05, 0) is 60.9 Å². The molecule has 0 fully saturated rings. The van der Waals surface area contributed by atoms with E-state index in [0.717, 1.165) is 22.4 Å². The molecule has 0 saturated heterocycles. The first kappa shape index (κ1) is 21.7. The molecule has 0 spiro atoms. The summed E-state index contributed by atoms with van der Waals surface area (Å²) in [6.07, 6.45) is 1.80. The summed E-state index contributed by atoms with van der Waals surface area (Å²) in [7, 11) is 0. The van der Waals surface area contributed by atoms with Crippen LogP contribution in [-0.4, -0.2) is 19.1 Å². The van der Waals surface area contributed by atoms with Crippen LogP contribution in [0.3, 0.4) is 0 Å². The molecule has 0 bridgehead atoms. The Balaban J connectivity index is 1.73. The van der Waals surface area contributed by atoms with E-state index in [-0.39, 0.29) is 12.5 Å². The second kappa shape index (κ2) is 10.7. The van der Waals surface area contributed by atoms with Gasteiger partial charge < -0.3 is 14.8 Å². The summed E-state index contributed by atoms with van der Waals surface area (Å²) >= 11 is 0. The van der Waals surface area contributed by atoms with Crippen molar-refractivity contribution < 1.29 is 14.3 Å². The average Bonchev–Trinajstić information content (AvgIpc) is 2.77. The predicted octanol–water partition coefficient (Wildman–Crippen LogP) is 5.48. The number of anilines is 1. The van der Waals surface area contributed by atoms with Crippen LogP contribution in [-0.2, 0) is 4.79 Å². The number of carbonyl (C=O) groups is 1. The van der Waals surface area contributed by atoms with Crippen molar-refractivity contribution in [1.82, 2.24) is 0 Å². The van der Waals surface area contributed by atoms with Gasteiger partial charge in [-0.3, -0.25) is 4.79 Å². The number of nitriles is 1. The van der Waals surface area contributed by atoms with Crippen molar-refractivity contribution in [3.8, 4) is 17.6 Å². The molecule has 0 aliphatic heterocycles. The summed E-state index contributed by atoms with van der Waals surface area (Å²) < 4.78 is 11.4. The van der Waals surface area contributed by atoms with Gasteiger partial charge in [0.1, 0.15) is 0 Å². The fraction of sp³-hybridized carbons (Fsp3) is 0.154. The molecule has 0 aliphatic rings. The first-order valence-electron chi connectivity index (χ1n) is 10.0. The Labute approximate surface area is 182 Å². The Bertz CT molecular complexity index is 1110. The van der Waals surface area contributed by atoms with Gasteiger partial charge in [-0.15, -0.1) is 0 Å². The highest BCUT2D eigenvalue weighted by molar-refractivity contribution is 5.92. The molecule has 3 rings (SSSR count). The van der Waals surface area contributed by atoms with Crippen LogP contribution in [0.2, 0.25) is 0 Å². The van der Waals surface area contributed by atoms with E-state index in [0.29, 0.717) is 23.7 Å². The number of hydrogen-bond acceptors (Lipinski definition) is 4. The zero-order valence-electron chi connectivity index (χ0n) is 17.6. The molecule has 1 amide bonds.